The molecular weight excluding hydrogens is 460 g/mol. The van der Waals surface area contributed by atoms with Crippen LogP contribution in [0.1, 0.15) is 47.2 Å². The van der Waals surface area contributed by atoms with Crippen LogP contribution in [-0.4, -0.2) is 8.07 Å². The van der Waals surface area contributed by atoms with E-state index in [1.165, 1.54) is 67.7 Å². The Morgan fingerprint density at radius 2 is 1.00 bits per heavy atom. The van der Waals surface area contributed by atoms with E-state index in [4.69, 9.17) is 0 Å². The Morgan fingerprint density at radius 1 is 0.568 bits per heavy atom. The summed E-state index contributed by atoms with van der Waals surface area (Å²) in [4.78, 5) is 0. The lowest BCUT2D eigenvalue weighted by Gasteiger charge is -2.33. The minimum absolute atomic E-state index is 1.11. The van der Waals surface area contributed by atoms with Gasteiger partial charge in [0.1, 0.15) is 8.07 Å². The Balaban J connectivity index is 1.43. The second-order valence-corrected chi connectivity index (χ2v) is 15.8. The van der Waals surface area contributed by atoms with Crippen LogP contribution in [0.25, 0.3) is 34.4 Å². The van der Waals surface area contributed by atoms with Crippen LogP contribution in [0.3, 0.4) is 0 Å². The molecule has 2 aliphatic carbocycles. The Morgan fingerprint density at radius 3 is 1.41 bits per heavy atom. The Bertz CT molecular complexity index is 1450. The fourth-order valence-electron chi connectivity index (χ4n) is 6.84. The summed E-state index contributed by atoms with van der Waals surface area (Å²) in [5.41, 5.74) is 14.0. The molecule has 0 radical (unpaired) electrons. The highest BCUT2D eigenvalue weighted by Gasteiger charge is 2.41. The van der Waals surface area contributed by atoms with E-state index < -0.39 is 8.07 Å². The predicted octanol–water partition coefficient (Wildman–Crippen LogP) is 9.78. The molecule has 0 fully saturated rings. The van der Waals surface area contributed by atoms with Gasteiger partial charge in [-0.15, -0.1) is 0 Å². The van der Waals surface area contributed by atoms with Crippen molar-refractivity contribution in [2.75, 3.05) is 0 Å². The molecule has 0 N–H and O–H groups in total. The first-order valence-corrected chi connectivity index (χ1v) is 16.2. The largest absolute Gasteiger partial charge is 0.109 e. The lowest BCUT2D eigenvalue weighted by molar-refractivity contribution is 1.15. The average molecular weight is 497 g/mol. The lowest BCUT2D eigenvalue weighted by Crippen LogP contribution is -2.39. The van der Waals surface area contributed by atoms with E-state index in [1.54, 1.807) is 10.4 Å². The zero-order valence-corrected chi connectivity index (χ0v) is 23.6. The maximum Gasteiger partial charge on any atom is 0.109 e. The summed E-state index contributed by atoms with van der Waals surface area (Å²) in [5, 5.41) is 3.45. The molecule has 0 nitrogen and oxygen atoms in total. The minimum Gasteiger partial charge on any atom is -0.0709 e. The molecular formula is C36H36Si. The first-order chi connectivity index (χ1) is 18.0. The highest BCUT2D eigenvalue weighted by Crippen LogP contribution is 2.46. The van der Waals surface area contributed by atoms with Gasteiger partial charge in [-0.3, -0.25) is 0 Å². The molecule has 0 aliphatic heterocycles. The first kappa shape index (κ1) is 23.9. The van der Waals surface area contributed by atoms with Gasteiger partial charge in [-0.25, -0.2) is 0 Å². The fourth-order valence-corrected chi connectivity index (χ4v) is 11.5. The third kappa shape index (κ3) is 4.06. The third-order valence-electron chi connectivity index (χ3n) is 8.89. The molecule has 0 unspecified atom stereocenters. The summed E-state index contributed by atoms with van der Waals surface area (Å²) < 4.78 is 0. The number of rotatable bonds is 6. The van der Waals surface area contributed by atoms with Crippen molar-refractivity contribution >= 4 is 20.2 Å². The Hall–Kier alpha value is -3.42. The van der Waals surface area contributed by atoms with E-state index >= 15 is 0 Å². The molecule has 0 bridgehead atoms. The third-order valence-corrected chi connectivity index (χ3v) is 14.4. The van der Waals surface area contributed by atoms with Gasteiger partial charge in [0.25, 0.3) is 0 Å². The molecule has 37 heavy (non-hydrogen) atoms. The quantitative estimate of drug-likeness (QED) is 0.233. The lowest BCUT2D eigenvalue weighted by atomic mass is 9.96. The van der Waals surface area contributed by atoms with Gasteiger partial charge in [0.05, 0.1) is 0 Å². The normalized spacial score (nSPS) is 14.3. The van der Waals surface area contributed by atoms with Crippen LogP contribution in [0.5, 0.6) is 0 Å². The van der Waals surface area contributed by atoms with Crippen LogP contribution in [-0.2, 0) is 12.8 Å². The van der Waals surface area contributed by atoms with Gasteiger partial charge < -0.3 is 0 Å². The summed E-state index contributed by atoms with van der Waals surface area (Å²) in [6.07, 6.45) is 7.44. The van der Waals surface area contributed by atoms with Gasteiger partial charge >= 0.3 is 0 Å². The summed E-state index contributed by atoms with van der Waals surface area (Å²) >= 11 is 0. The molecule has 0 saturated heterocycles. The van der Waals surface area contributed by atoms with Crippen molar-refractivity contribution in [1.82, 2.24) is 0 Å². The fraction of sp³-hybridized carbons (Fsp3) is 0.222. The van der Waals surface area contributed by atoms with Crippen LogP contribution in [0.4, 0.5) is 0 Å². The van der Waals surface area contributed by atoms with E-state index in [-0.39, 0.29) is 0 Å². The summed E-state index contributed by atoms with van der Waals surface area (Å²) in [6.45, 7) is 9.28. The first-order valence-electron chi connectivity index (χ1n) is 13.8. The smallest absolute Gasteiger partial charge is 0.0709 e. The summed E-state index contributed by atoms with van der Waals surface area (Å²) in [5.74, 6) is 0. The van der Waals surface area contributed by atoms with Gasteiger partial charge in [0.15, 0.2) is 0 Å². The maximum atomic E-state index is 2.61. The second-order valence-electron chi connectivity index (χ2n) is 11.0. The highest BCUT2D eigenvalue weighted by molar-refractivity contribution is 6.94. The Kier molecular flexibility index (Phi) is 6.13. The SMILES string of the molecule is CC[Si](CC)(C1=Cc2c(cccc2-c2cccc(C)c2)C1)C1=Cc2c(cccc2-c2cccc(C)c2)C1. The molecule has 2 aliphatic rings. The number of hydrogen-bond acceptors (Lipinski definition) is 0. The highest BCUT2D eigenvalue weighted by atomic mass is 28.3. The van der Waals surface area contributed by atoms with Crippen LogP contribution in [0.15, 0.2) is 95.3 Å². The number of fused-ring (bicyclic) bond motifs is 2. The summed E-state index contributed by atoms with van der Waals surface area (Å²) in [6, 6.07) is 34.3. The molecule has 0 amide bonds. The van der Waals surface area contributed by atoms with Crippen molar-refractivity contribution < 1.29 is 0 Å². The van der Waals surface area contributed by atoms with Crippen LogP contribution in [0.2, 0.25) is 12.1 Å². The van der Waals surface area contributed by atoms with Crippen molar-refractivity contribution in [3.8, 4) is 22.3 Å². The van der Waals surface area contributed by atoms with E-state index in [0.29, 0.717) is 0 Å². The van der Waals surface area contributed by atoms with Gasteiger partial charge in [-0.1, -0.05) is 145 Å². The van der Waals surface area contributed by atoms with Crippen molar-refractivity contribution in [3.63, 3.8) is 0 Å². The number of hydrogen-bond donors (Lipinski definition) is 0. The molecule has 0 atom stereocenters. The number of allylic oxidation sites excluding steroid dienone is 2. The second kappa shape index (κ2) is 9.47. The molecule has 0 heterocycles. The number of aryl methyl sites for hydroxylation is 2. The zero-order valence-electron chi connectivity index (χ0n) is 22.6. The van der Waals surface area contributed by atoms with Gasteiger partial charge in [0, 0.05) is 0 Å². The number of benzene rings is 4. The van der Waals surface area contributed by atoms with Gasteiger partial charge in [0.2, 0.25) is 0 Å². The van der Waals surface area contributed by atoms with Crippen LogP contribution >= 0.6 is 0 Å². The average Bonchev–Trinajstić information content (AvgIpc) is 3.55. The molecule has 4 aromatic carbocycles. The molecule has 1 heteroatoms. The van der Waals surface area contributed by atoms with Crippen molar-refractivity contribution in [3.05, 3.63) is 129 Å². The standard InChI is InChI=1S/C36H36Si/c1-5-37(6-2,31-21-29-15-9-17-33(35(29)23-31)27-13-7-11-25(3)19-27)32-22-30-16-10-18-34(36(30)24-32)28-14-8-12-26(4)20-28/h7-20,23-24H,5-6,21-22H2,1-4H3. The molecule has 0 aromatic heterocycles. The molecule has 6 rings (SSSR count). The molecule has 4 aromatic rings. The molecule has 184 valence electrons. The predicted molar refractivity (Wildman–Crippen MR) is 163 cm³/mol. The van der Waals surface area contributed by atoms with E-state index in [0.717, 1.165) is 12.8 Å². The van der Waals surface area contributed by atoms with Crippen LogP contribution < -0.4 is 0 Å². The van der Waals surface area contributed by atoms with Crippen molar-refractivity contribution in [1.29, 1.82) is 0 Å². The molecule has 0 saturated carbocycles. The summed E-state index contributed by atoms with van der Waals surface area (Å²) in [7, 11) is -1.82. The topological polar surface area (TPSA) is 0 Å². The van der Waals surface area contributed by atoms with E-state index in [2.05, 4.69) is 125 Å². The van der Waals surface area contributed by atoms with E-state index in [9.17, 15) is 0 Å². The Labute approximate surface area is 223 Å². The van der Waals surface area contributed by atoms with E-state index in [1.807, 2.05) is 0 Å². The van der Waals surface area contributed by atoms with Gasteiger partial charge in [-0.05, 0) is 71.2 Å². The monoisotopic (exact) mass is 496 g/mol. The van der Waals surface area contributed by atoms with Crippen molar-refractivity contribution in [2.45, 2.75) is 52.6 Å². The zero-order chi connectivity index (χ0) is 25.6. The minimum atomic E-state index is -1.82. The molecule has 0 spiro atoms. The van der Waals surface area contributed by atoms with Crippen molar-refractivity contribution in [2.24, 2.45) is 0 Å². The maximum absolute atomic E-state index is 2.61. The van der Waals surface area contributed by atoms with Crippen LogP contribution in [0, 0.1) is 13.8 Å². The van der Waals surface area contributed by atoms with Gasteiger partial charge in [-0.2, -0.15) is 0 Å².